The van der Waals surface area contributed by atoms with Crippen molar-refractivity contribution in [3.8, 4) is 5.69 Å². The fourth-order valence-electron chi connectivity index (χ4n) is 1.39. The molecule has 0 unspecified atom stereocenters. The lowest BCUT2D eigenvalue weighted by Gasteiger charge is -2.06. The highest BCUT2D eigenvalue weighted by Crippen LogP contribution is 2.21. The van der Waals surface area contributed by atoms with Crippen molar-refractivity contribution >= 4 is 15.9 Å². The molecular formula is C10H11BrN4. The molecule has 0 bridgehead atoms. The summed E-state index contributed by atoms with van der Waals surface area (Å²) in [4.78, 5) is 3.91. The predicted octanol–water partition coefficient (Wildman–Crippen LogP) is 1.53. The predicted molar refractivity (Wildman–Crippen MR) is 61.8 cm³/mol. The SMILES string of the molecule is NCCc1ccc(-n2cncn2)c(Br)c1. The number of aromatic nitrogens is 3. The first-order valence-electron chi connectivity index (χ1n) is 4.65. The van der Waals surface area contributed by atoms with Crippen molar-refractivity contribution in [2.24, 2.45) is 5.73 Å². The molecule has 5 heteroatoms. The van der Waals surface area contributed by atoms with Gasteiger partial charge in [0, 0.05) is 4.47 Å². The first kappa shape index (κ1) is 10.3. The van der Waals surface area contributed by atoms with Gasteiger partial charge in [0.05, 0.1) is 5.69 Å². The van der Waals surface area contributed by atoms with E-state index in [1.165, 1.54) is 11.9 Å². The Hall–Kier alpha value is -1.20. The van der Waals surface area contributed by atoms with Gasteiger partial charge in [-0.1, -0.05) is 6.07 Å². The Bertz CT molecular complexity index is 439. The van der Waals surface area contributed by atoms with E-state index in [9.17, 15) is 0 Å². The maximum Gasteiger partial charge on any atom is 0.138 e. The van der Waals surface area contributed by atoms with Gasteiger partial charge in [-0.2, -0.15) is 5.10 Å². The molecule has 15 heavy (non-hydrogen) atoms. The van der Waals surface area contributed by atoms with E-state index in [4.69, 9.17) is 5.73 Å². The number of rotatable bonds is 3. The summed E-state index contributed by atoms with van der Waals surface area (Å²) in [5, 5.41) is 4.07. The molecule has 78 valence electrons. The van der Waals surface area contributed by atoms with Crippen LogP contribution in [0.5, 0.6) is 0 Å². The van der Waals surface area contributed by atoms with Gasteiger partial charge in [-0.15, -0.1) is 0 Å². The van der Waals surface area contributed by atoms with Gasteiger partial charge in [-0.3, -0.25) is 0 Å². The number of benzene rings is 1. The smallest absolute Gasteiger partial charge is 0.138 e. The molecule has 0 saturated carbocycles. The van der Waals surface area contributed by atoms with Crippen molar-refractivity contribution in [1.29, 1.82) is 0 Å². The van der Waals surface area contributed by atoms with Crippen LogP contribution in [0.2, 0.25) is 0 Å². The largest absolute Gasteiger partial charge is 0.330 e. The molecule has 0 atom stereocenters. The molecule has 0 fully saturated rings. The fraction of sp³-hybridized carbons (Fsp3) is 0.200. The Morgan fingerprint density at radius 1 is 1.40 bits per heavy atom. The third-order valence-corrected chi connectivity index (χ3v) is 2.75. The van der Waals surface area contributed by atoms with Gasteiger partial charge in [-0.25, -0.2) is 9.67 Å². The maximum absolute atomic E-state index is 5.50. The van der Waals surface area contributed by atoms with E-state index < -0.39 is 0 Å². The number of nitrogens with zero attached hydrogens (tertiary/aromatic N) is 3. The fourth-order valence-corrected chi connectivity index (χ4v) is 2.00. The van der Waals surface area contributed by atoms with Crippen molar-refractivity contribution in [3.63, 3.8) is 0 Å². The van der Waals surface area contributed by atoms with Crippen LogP contribution < -0.4 is 5.73 Å². The van der Waals surface area contributed by atoms with E-state index in [0.717, 1.165) is 16.6 Å². The van der Waals surface area contributed by atoms with Gasteiger partial charge < -0.3 is 5.73 Å². The van der Waals surface area contributed by atoms with Crippen molar-refractivity contribution in [1.82, 2.24) is 14.8 Å². The van der Waals surface area contributed by atoms with Crippen LogP contribution in [0.1, 0.15) is 5.56 Å². The molecule has 0 aliphatic heterocycles. The van der Waals surface area contributed by atoms with Crippen LogP contribution in [0, 0.1) is 0 Å². The average Bonchev–Trinajstić information content (AvgIpc) is 2.71. The van der Waals surface area contributed by atoms with Crippen LogP contribution in [0.15, 0.2) is 35.3 Å². The van der Waals surface area contributed by atoms with Gasteiger partial charge in [-0.05, 0) is 46.6 Å². The quantitative estimate of drug-likeness (QED) is 0.917. The second-order valence-electron chi connectivity index (χ2n) is 3.16. The summed E-state index contributed by atoms with van der Waals surface area (Å²) in [5.41, 5.74) is 7.70. The van der Waals surface area contributed by atoms with Gasteiger partial charge in [0.15, 0.2) is 0 Å². The zero-order valence-electron chi connectivity index (χ0n) is 8.10. The number of hydrogen-bond donors (Lipinski definition) is 1. The number of nitrogens with two attached hydrogens (primary N) is 1. The summed E-state index contributed by atoms with van der Waals surface area (Å²) in [6.07, 6.45) is 4.07. The summed E-state index contributed by atoms with van der Waals surface area (Å²) in [6.45, 7) is 0.662. The molecule has 0 saturated heterocycles. The van der Waals surface area contributed by atoms with Crippen LogP contribution in [-0.2, 0) is 6.42 Å². The Morgan fingerprint density at radius 3 is 2.87 bits per heavy atom. The topological polar surface area (TPSA) is 56.7 Å². The van der Waals surface area contributed by atoms with Crippen molar-refractivity contribution in [2.75, 3.05) is 6.54 Å². The van der Waals surface area contributed by atoms with E-state index in [2.05, 4.69) is 38.1 Å². The van der Waals surface area contributed by atoms with Crippen molar-refractivity contribution < 1.29 is 0 Å². The molecule has 0 aliphatic rings. The molecule has 2 N–H and O–H groups in total. The van der Waals surface area contributed by atoms with E-state index in [1.54, 1.807) is 11.0 Å². The van der Waals surface area contributed by atoms with Crippen LogP contribution >= 0.6 is 15.9 Å². The third-order valence-electron chi connectivity index (χ3n) is 2.11. The molecule has 1 aromatic carbocycles. The van der Waals surface area contributed by atoms with Crippen molar-refractivity contribution in [2.45, 2.75) is 6.42 Å². The van der Waals surface area contributed by atoms with Gasteiger partial charge >= 0.3 is 0 Å². The second kappa shape index (κ2) is 4.55. The lowest BCUT2D eigenvalue weighted by molar-refractivity contribution is 0.871. The molecule has 0 aliphatic carbocycles. The van der Waals surface area contributed by atoms with Crippen molar-refractivity contribution in [3.05, 3.63) is 40.9 Å². The zero-order chi connectivity index (χ0) is 10.7. The van der Waals surface area contributed by atoms with E-state index >= 15 is 0 Å². The summed E-state index contributed by atoms with van der Waals surface area (Å²) < 4.78 is 2.72. The van der Waals surface area contributed by atoms with Gasteiger partial charge in [0.1, 0.15) is 12.7 Å². The molecule has 2 aromatic rings. The minimum Gasteiger partial charge on any atom is -0.330 e. The Kier molecular flexibility index (Phi) is 3.13. The molecule has 0 spiro atoms. The highest BCUT2D eigenvalue weighted by atomic mass is 79.9. The molecule has 4 nitrogen and oxygen atoms in total. The van der Waals surface area contributed by atoms with E-state index in [0.29, 0.717) is 6.54 Å². The van der Waals surface area contributed by atoms with E-state index in [1.807, 2.05) is 6.07 Å². The number of hydrogen-bond acceptors (Lipinski definition) is 3. The van der Waals surface area contributed by atoms with Gasteiger partial charge in [0.2, 0.25) is 0 Å². The normalized spacial score (nSPS) is 10.5. The molecule has 2 rings (SSSR count). The molecule has 1 heterocycles. The maximum atomic E-state index is 5.50. The first-order valence-corrected chi connectivity index (χ1v) is 5.44. The summed E-state index contributed by atoms with van der Waals surface area (Å²) in [7, 11) is 0. The molecule has 1 aromatic heterocycles. The Labute approximate surface area is 96.3 Å². The standard InChI is InChI=1S/C10H11BrN4/c11-9-5-8(3-4-12)1-2-10(9)15-7-13-6-14-15/h1-2,5-7H,3-4,12H2. The molecular weight excluding hydrogens is 256 g/mol. The second-order valence-corrected chi connectivity index (χ2v) is 4.02. The average molecular weight is 267 g/mol. The van der Waals surface area contributed by atoms with Crippen LogP contribution in [0.4, 0.5) is 0 Å². The zero-order valence-corrected chi connectivity index (χ0v) is 9.68. The highest BCUT2D eigenvalue weighted by Gasteiger charge is 2.03. The monoisotopic (exact) mass is 266 g/mol. The third kappa shape index (κ3) is 2.24. The van der Waals surface area contributed by atoms with Crippen LogP contribution in [0.25, 0.3) is 5.69 Å². The lowest BCUT2D eigenvalue weighted by atomic mass is 10.1. The number of halogens is 1. The Morgan fingerprint density at radius 2 is 2.27 bits per heavy atom. The highest BCUT2D eigenvalue weighted by molar-refractivity contribution is 9.10. The Balaban J connectivity index is 2.35. The summed E-state index contributed by atoms with van der Waals surface area (Å²) in [6, 6.07) is 6.11. The van der Waals surface area contributed by atoms with Gasteiger partial charge in [0.25, 0.3) is 0 Å². The summed E-state index contributed by atoms with van der Waals surface area (Å²) >= 11 is 3.51. The van der Waals surface area contributed by atoms with E-state index in [-0.39, 0.29) is 0 Å². The lowest BCUT2D eigenvalue weighted by Crippen LogP contribution is -2.03. The van der Waals surface area contributed by atoms with Crippen LogP contribution in [-0.4, -0.2) is 21.3 Å². The molecule has 0 amide bonds. The minimum absolute atomic E-state index is 0.662. The van der Waals surface area contributed by atoms with Crippen LogP contribution in [0.3, 0.4) is 0 Å². The molecule has 0 radical (unpaired) electrons. The minimum atomic E-state index is 0.662. The first-order chi connectivity index (χ1) is 7.31. The summed E-state index contributed by atoms with van der Waals surface area (Å²) in [5.74, 6) is 0.